The summed E-state index contributed by atoms with van der Waals surface area (Å²) in [6, 6.07) is 14.6. The summed E-state index contributed by atoms with van der Waals surface area (Å²) in [5.41, 5.74) is 9.86. The molecule has 2 unspecified atom stereocenters. The van der Waals surface area contributed by atoms with Gasteiger partial charge in [0.25, 0.3) is 11.8 Å². The van der Waals surface area contributed by atoms with E-state index in [1.54, 1.807) is 11.8 Å². The van der Waals surface area contributed by atoms with Crippen LogP contribution >= 0.6 is 0 Å². The summed E-state index contributed by atoms with van der Waals surface area (Å²) in [6.45, 7) is 3.82. The number of nitrogens with one attached hydrogen (secondary N) is 2. The van der Waals surface area contributed by atoms with Crippen LogP contribution in [0.4, 0.5) is 0 Å². The zero-order chi connectivity index (χ0) is 27.1. The number of aryl methyl sites for hydroxylation is 1. The molecule has 4 saturated carbocycles. The minimum atomic E-state index is -0.787. The van der Waals surface area contributed by atoms with Gasteiger partial charge in [-0.05, 0) is 87.8 Å². The first-order chi connectivity index (χ1) is 18.8. The molecule has 202 valence electrons. The Balaban J connectivity index is 1.17. The highest BCUT2D eigenvalue weighted by atomic mass is 16.2. The lowest BCUT2D eigenvalue weighted by Crippen LogP contribution is -2.58. The molecule has 4 fully saturated rings. The Bertz CT molecular complexity index is 1490. The second kappa shape index (κ2) is 8.70. The van der Waals surface area contributed by atoms with Crippen molar-refractivity contribution in [2.75, 3.05) is 0 Å². The third kappa shape index (κ3) is 3.58. The molecule has 39 heavy (non-hydrogen) atoms. The number of hydrogen-bond acceptors (Lipinski definition) is 3. The van der Waals surface area contributed by atoms with E-state index in [9.17, 15) is 14.4 Å². The van der Waals surface area contributed by atoms with Gasteiger partial charge in [-0.3, -0.25) is 25.2 Å². The minimum Gasteiger partial charge on any atom is -0.348 e. The third-order valence-corrected chi connectivity index (χ3v) is 10.3. The fourth-order valence-electron chi connectivity index (χ4n) is 8.80. The maximum Gasteiger partial charge on any atom is 0.260 e. The van der Waals surface area contributed by atoms with Crippen molar-refractivity contribution in [3.8, 4) is 0 Å². The van der Waals surface area contributed by atoms with Gasteiger partial charge in [0, 0.05) is 34.8 Å². The molecule has 3 aromatic rings. The molecular formula is C32H36N4O3. The highest BCUT2D eigenvalue weighted by molar-refractivity contribution is 6.03. The van der Waals surface area contributed by atoms with Gasteiger partial charge in [-0.15, -0.1) is 0 Å². The summed E-state index contributed by atoms with van der Waals surface area (Å²) in [4.78, 5) is 42.5. The standard InChI is InChI=1S/C32H36N4O3/c1-18-27(25-10-6-7-11-26(25)35(18)3)28-23-8-4-5-9-24(23)30(38)36(28)19(2)29(37)33-34-31(39)32-15-20-12-21(16-32)14-22(13-20)17-32/h4-11,19-22,28H,12-17H2,1-3H3,(H,33,37)(H,34,39). The lowest BCUT2D eigenvalue weighted by atomic mass is 9.49. The second-order valence-corrected chi connectivity index (χ2v) is 12.6. The summed E-state index contributed by atoms with van der Waals surface area (Å²) < 4.78 is 2.14. The highest BCUT2D eigenvalue weighted by Gasteiger charge is 2.55. The van der Waals surface area contributed by atoms with Gasteiger partial charge < -0.3 is 9.47 Å². The lowest BCUT2D eigenvalue weighted by molar-refractivity contribution is -0.149. The molecule has 7 nitrogen and oxygen atoms in total. The normalized spacial score (nSPS) is 29.5. The molecule has 0 saturated heterocycles. The Kier molecular flexibility index (Phi) is 5.45. The van der Waals surface area contributed by atoms with Gasteiger partial charge in [0.2, 0.25) is 5.91 Å². The SMILES string of the molecule is Cc1c(C2c3ccccc3C(=O)N2C(C)C(=O)NNC(=O)C23CC4CC(CC(C4)C2)C3)c2ccccc2n1C. The Morgan fingerprint density at radius 2 is 1.54 bits per heavy atom. The first-order valence-electron chi connectivity index (χ1n) is 14.3. The Labute approximate surface area is 228 Å². The first-order valence-corrected chi connectivity index (χ1v) is 14.3. The van der Waals surface area contributed by atoms with Gasteiger partial charge in [-0.2, -0.15) is 0 Å². The zero-order valence-corrected chi connectivity index (χ0v) is 22.9. The molecule has 2 aromatic carbocycles. The number of carbonyl (C=O) groups excluding carboxylic acids is 3. The van der Waals surface area contributed by atoms with Crippen LogP contribution in [0.2, 0.25) is 0 Å². The molecule has 4 aliphatic carbocycles. The van der Waals surface area contributed by atoms with Crippen molar-refractivity contribution in [3.63, 3.8) is 0 Å². The number of hydrazine groups is 1. The number of hydrogen-bond donors (Lipinski definition) is 2. The van der Waals surface area contributed by atoms with E-state index in [1.165, 1.54) is 19.3 Å². The molecule has 8 rings (SSSR count). The van der Waals surface area contributed by atoms with Crippen molar-refractivity contribution in [1.82, 2.24) is 20.3 Å². The van der Waals surface area contributed by atoms with E-state index in [1.807, 2.05) is 43.4 Å². The second-order valence-electron chi connectivity index (χ2n) is 12.6. The van der Waals surface area contributed by atoms with Gasteiger partial charge >= 0.3 is 0 Å². The number of para-hydroxylation sites is 1. The zero-order valence-electron chi connectivity index (χ0n) is 22.9. The van der Waals surface area contributed by atoms with Crippen LogP contribution in [0.25, 0.3) is 10.9 Å². The summed E-state index contributed by atoms with van der Waals surface area (Å²) in [5.74, 6) is 1.32. The van der Waals surface area contributed by atoms with Crippen LogP contribution < -0.4 is 10.9 Å². The molecule has 4 bridgehead atoms. The molecule has 7 heteroatoms. The van der Waals surface area contributed by atoms with E-state index in [2.05, 4.69) is 34.5 Å². The first kappa shape index (κ1) is 24.4. The predicted octanol–water partition coefficient (Wildman–Crippen LogP) is 4.78. The van der Waals surface area contributed by atoms with Gasteiger partial charge in [0.1, 0.15) is 6.04 Å². The van der Waals surface area contributed by atoms with Crippen molar-refractivity contribution in [3.05, 3.63) is 70.9 Å². The van der Waals surface area contributed by atoms with Crippen LogP contribution in [-0.4, -0.2) is 33.2 Å². The highest BCUT2D eigenvalue weighted by Crippen LogP contribution is 2.60. The predicted molar refractivity (Wildman–Crippen MR) is 148 cm³/mol. The Hall–Kier alpha value is -3.61. The van der Waals surface area contributed by atoms with E-state index in [4.69, 9.17) is 0 Å². The quantitative estimate of drug-likeness (QED) is 0.482. The monoisotopic (exact) mass is 524 g/mol. The molecule has 5 aliphatic rings. The lowest BCUT2D eigenvalue weighted by Gasteiger charge is -2.55. The van der Waals surface area contributed by atoms with E-state index in [-0.39, 0.29) is 23.1 Å². The molecular weight excluding hydrogens is 488 g/mol. The molecule has 0 spiro atoms. The summed E-state index contributed by atoms with van der Waals surface area (Å²) >= 11 is 0. The maximum atomic E-state index is 13.8. The number of benzene rings is 2. The maximum absolute atomic E-state index is 13.8. The molecule has 3 amide bonds. The van der Waals surface area contributed by atoms with E-state index < -0.39 is 12.1 Å². The smallest absolute Gasteiger partial charge is 0.260 e. The number of aromatic nitrogens is 1. The topological polar surface area (TPSA) is 83.4 Å². The number of carbonyl (C=O) groups is 3. The molecule has 1 aromatic heterocycles. The molecule has 1 aliphatic heterocycles. The van der Waals surface area contributed by atoms with Crippen LogP contribution in [0, 0.1) is 30.1 Å². The summed E-state index contributed by atoms with van der Waals surface area (Å²) in [6.07, 6.45) is 6.55. The van der Waals surface area contributed by atoms with Crippen LogP contribution in [-0.2, 0) is 16.6 Å². The molecule has 2 N–H and O–H groups in total. The fraction of sp³-hybridized carbons (Fsp3) is 0.469. The van der Waals surface area contributed by atoms with Crippen molar-refractivity contribution in [2.45, 2.75) is 64.5 Å². The third-order valence-electron chi connectivity index (χ3n) is 10.3. The van der Waals surface area contributed by atoms with Crippen LogP contribution in [0.5, 0.6) is 0 Å². The van der Waals surface area contributed by atoms with Gasteiger partial charge in [0.05, 0.1) is 11.5 Å². The van der Waals surface area contributed by atoms with Gasteiger partial charge in [-0.25, -0.2) is 0 Å². The molecule has 0 radical (unpaired) electrons. The van der Waals surface area contributed by atoms with Crippen LogP contribution in [0.1, 0.15) is 78.7 Å². The van der Waals surface area contributed by atoms with Gasteiger partial charge in [0.15, 0.2) is 0 Å². The minimum absolute atomic E-state index is 0.0559. The van der Waals surface area contributed by atoms with Crippen molar-refractivity contribution in [2.24, 2.45) is 30.2 Å². The van der Waals surface area contributed by atoms with Crippen LogP contribution in [0.15, 0.2) is 48.5 Å². The molecule has 2 atom stereocenters. The molecule has 2 heterocycles. The number of nitrogens with zero attached hydrogens (tertiary/aromatic N) is 2. The van der Waals surface area contributed by atoms with E-state index >= 15 is 0 Å². The average Bonchev–Trinajstić information content (AvgIpc) is 3.35. The largest absolute Gasteiger partial charge is 0.348 e. The fourth-order valence-corrected chi connectivity index (χ4v) is 8.80. The number of amides is 3. The number of fused-ring (bicyclic) bond motifs is 2. The van der Waals surface area contributed by atoms with Crippen molar-refractivity contribution in [1.29, 1.82) is 0 Å². The van der Waals surface area contributed by atoms with Crippen LogP contribution in [0.3, 0.4) is 0 Å². The average molecular weight is 525 g/mol. The number of rotatable bonds is 4. The van der Waals surface area contributed by atoms with Crippen molar-refractivity contribution >= 4 is 28.6 Å². The van der Waals surface area contributed by atoms with Gasteiger partial charge in [-0.1, -0.05) is 36.4 Å². The van der Waals surface area contributed by atoms with E-state index in [0.717, 1.165) is 47.0 Å². The van der Waals surface area contributed by atoms with Crippen molar-refractivity contribution < 1.29 is 14.4 Å². The summed E-state index contributed by atoms with van der Waals surface area (Å²) in [7, 11) is 2.03. The Morgan fingerprint density at radius 3 is 2.23 bits per heavy atom. The Morgan fingerprint density at radius 1 is 0.923 bits per heavy atom. The van der Waals surface area contributed by atoms with E-state index in [0.29, 0.717) is 23.3 Å². The summed E-state index contributed by atoms with van der Waals surface area (Å²) in [5, 5.41) is 1.07.